The normalized spacial score (nSPS) is 11.1. The molecule has 4 heteroatoms. The Hall–Kier alpha value is -0.840. The first kappa shape index (κ1) is 15.2. The summed E-state index contributed by atoms with van der Waals surface area (Å²) >= 11 is 0. The molecule has 104 valence electrons. The van der Waals surface area contributed by atoms with Crippen LogP contribution in [0.15, 0.2) is 6.07 Å². The van der Waals surface area contributed by atoms with Crippen LogP contribution in [-0.4, -0.2) is 38.0 Å². The number of nitrogens with one attached hydrogen (secondary N) is 1. The van der Waals surface area contributed by atoms with E-state index in [1.54, 1.807) is 7.11 Å². The molecule has 0 saturated heterocycles. The van der Waals surface area contributed by atoms with Gasteiger partial charge in [-0.05, 0) is 32.4 Å². The molecule has 0 aliphatic heterocycles. The van der Waals surface area contributed by atoms with E-state index in [0.29, 0.717) is 13.2 Å². The van der Waals surface area contributed by atoms with Crippen molar-refractivity contribution in [2.75, 3.05) is 33.5 Å². The van der Waals surface area contributed by atoms with E-state index in [0.717, 1.165) is 26.2 Å². The molecule has 1 rings (SSSR count). The first-order valence-corrected chi connectivity index (χ1v) is 6.63. The number of aromatic nitrogens is 1. The van der Waals surface area contributed by atoms with Crippen molar-refractivity contribution in [3.05, 3.63) is 23.0 Å². The molecule has 1 N–H and O–H groups in total. The summed E-state index contributed by atoms with van der Waals surface area (Å²) in [5.41, 5.74) is 4.08. The van der Waals surface area contributed by atoms with Crippen LogP contribution in [0.2, 0.25) is 0 Å². The predicted octanol–water partition coefficient (Wildman–Crippen LogP) is 1.88. The minimum atomic E-state index is 0.664. The fraction of sp³-hybridized carbons (Fsp3) is 0.714. The molecule has 0 fully saturated rings. The number of ether oxygens (including phenoxy) is 2. The third-order valence-electron chi connectivity index (χ3n) is 3.17. The number of aryl methyl sites for hydroxylation is 1. The second-order valence-corrected chi connectivity index (χ2v) is 4.42. The Morgan fingerprint density at radius 1 is 1.22 bits per heavy atom. The highest BCUT2D eigenvalue weighted by Gasteiger charge is 2.06. The molecule has 0 aliphatic rings. The van der Waals surface area contributed by atoms with Crippen LogP contribution in [-0.2, 0) is 22.6 Å². The van der Waals surface area contributed by atoms with E-state index in [1.807, 2.05) is 0 Å². The summed E-state index contributed by atoms with van der Waals surface area (Å²) in [4.78, 5) is 0. The van der Waals surface area contributed by atoms with Crippen molar-refractivity contribution in [2.24, 2.45) is 0 Å². The van der Waals surface area contributed by atoms with Gasteiger partial charge in [0.2, 0.25) is 0 Å². The lowest BCUT2D eigenvalue weighted by Crippen LogP contribution is -2.20. The molecule has 0 unspecified atom stereocenters. The zero-order chi connectivity index (χ0) is 13.4. The van der Waals surface area contributed by atoms with E-state index in [9.17, 15) is 0 Å². The quantitative estimate of drug-likeness (QED) is 0.683. The first-order valence-electron chi connectivity index (χ1n) is 6.63. The number of nitrogens with zero attached hydrogens (tertiary/aromatic N) is 1. The van der Waals surface area contributed by atoms with Crippen LogP contribution >= 0.6 is 0 Å². The minimum Gasteiger partial charge on any atom is -0.382 e. The Morgan fingerprint density at radius 2 is 2.00 bits per heavy atom. The topological polar surface area (TPSA) is 35.4 Å². The summed E-state index contributed by atoms with van der Waals surface area (Å²) in [5, 5.41) is 3.40. The minimum absolute atomic E-state index is 0.664. The Labute approximate surface area is 110 Å². The van der Waals surface area contributed by atoms with Gasteiger partial charge in [-0.25, -0.2) is 0 Å². The lowest BCUT2D eigenvalue weighted by atomic mass is 10.2. The molecule has 0 amide bonds. The second kappa shape index (κ2) is 8.29. The van der Waals surface area contributed by atoms with Gasteiger partial charge in [0, 0.05) is 38.1 Å². The summed E-state index contributed by atoms with van der Waals surface area (Å²) in [6.45, 7) is 11.4. The highest BCUT2D eigenvalue weighted by atomic mass is 16.5. The smallest absolute Gasteiger partial charge is 0.0700 e. The molecule has 1 aromatic rings. The van der Waals surface area contributed by atoms with Crippen LogP contribution in [0, 0.1) is 13.8 Å². The second-order valence-electron chi connectivity index (χ2n) is 4.42. The molecule has 0 aromatic carbocycles. The van der Waals surface area contributed by atoms with Gasteiger partial charge in [0.15, 0.2) is 0 Å². The van der Waals surface area contributed by atoms with E-state index in [4.69, 9.17) is 9.47 Å². The van der Waals surface area contributed by atoms with Gasteiger partial charge >= 0.3 is 0 Å². The molecule has 0 spiro atoms. The third kappa shape index (κ3) is 4.44. The van der Waals surface area contributed by atoms with Gasteiger partial charge < -0.3 is 19.4 Å². The molecule has 0 bridgehead atoms. The number of rotatable bonds is 9. The first-order chi connectivity index (χ1) is 8.70. The lowest BCUT2D eigenvalue weighted by molar-refractivity contribution is 0.0719. The maximum atomic E-state index is 5.40. The number of hydrogen-bond donors (Lipinski definition) is 1. The highest BCUT2D eigenvalue weighted by molar-refractivity contribution is 5.26. The predicted molar refractivity (Wildman–Crippen MR) is 74.0 cm³/mol. The SMILES string of the molecule is CCn1c(C)cc(CNCCOCCOC)c1C. The molecule has 4 nitrogen and oxygen atoms in total. The molecule has 0 radical (unpaired) electrons. The Morgan fingerprint density at radius 3 is 2.61 bits per heavy atom. The molecule has 18 heavy (non-hydrogen) atoms. The zero-order valence-corrected chi connectivity index (χ0v) is 12.1. The van der Waals surface area contributed by atoms with E-state index >= 15 is 0 Å². The van der Waals surface area contributed by atoms with Crippen molar-refractivity contribution in [1.82, 2.24) is 9.88 Å². The largest absolute Gasteiger partial charge is 0.382 e. The van der Waals surface area contributed by atoms with E-state index in [2.05, 4.69) is 36.7 Å². The van der Waals surface area contributed by atoms with Gasteiger partial charge in [0.25, 0.3) is 0 Å². The van der Waals surface area contributed by atoms with Gasteiger partial charge in [0.1, 0.15) is 0 Å². The van der Waals surface area contributed by atoms with Crippen LogP contribution in [0.3, 0.4) is 0 Å². The maximum absolute atomic E-state index is 5.40. The van der Waals surface area contributed by atoms with Crippen molar-refractivity contribution in [3.8, 4) is 0 Å². The van der Waals surface area contributed by atoms with E-state index in [-0.39, 0.29) is 0 Å². The molecule has 0 aliphatic carbocycles. The van der Waals surface area contributed by atoms with Crippen molar-refractivity contribution < 1.29 is 9.47 Å². The molecule has 1 aromatic heterocycles. The summed E-state index contributed by atoms with van der Waals surface area (Å²) in [6.07, 6.45) is 0. The molecular formula is C14H26N2O2. The molecular weight excluding hydrogens is 228 g/mol. The van der Waals surface area contributed by atoms with E-state index in [1.165, 1.54) is 17.0 Å². The summed E-state index contributed by atoms with van der Waals surface area (Å²) < 4.78 is 12.7. The Bertz CT molecular complexity index is 348. The molecule has 0 saturated carbocycles. The molecule has 0 atom stereocenters. The van der Waals surface area contributed by atoms with Crippen LogP contribution in [0.25, 0.3) is 0 Å². The highest BCUT2D eigenvalue weighted by Crippen LogP contribution is 2.14. The van der Waals surface area contributed by atoms with Gasteiger partial charge in [-0.2, -0.15) is 0 Å². The van der Waals surface area contributed by atoms with Gasteiger partial charge in [0.05, 0.1) is 19.8 Å². The van der Waals surface area contributed by atoms with Crippen molar-refractivity contribution >= 4 is 0 Å². The fourth-order valence-corrected chi connectivity index (χ4v) is 2.15. The standard InChI is InChI=1S/C14H26N2O2/c1-5-16-12(2)10-14(13(16)3)11-15-6-7-18-9-8-17-4/h10,15H,5-9,11H2,1-4H3. The van der Waals surface area contributed by atoms with Crippen LogP contribution in [0.4, 0.5) is 0 Å². The van der Waals surface area contributed by atoms with Crippen molar-refractivity contribution in [1.29, 1.82) is 0 Å². The van der Waals surface area contributed by atoms with Gasteiger partial charge in [-0.15, -0.1) is 0 Å². The van der Waals surface area contributed by atoms with Crippen LogP contribution in [0.1, 0.15) is 23.9 Å². The molecule has 1 heterocycles. The summed E-state index contributed by atoms with van der Waals surface area (Å²) in [5.74, 6) is 0. The lowest BCUT2D eigenvalue weighted by Gasteiger charge is -2.07. The van der Waals surface area contributed by atoms with Gasteiger partial charge in [-0.3, -0.25) is 0 Å². The third-order valence-corrected chi connectivity index (χ3v) is 3.17. The average Bonchev–Trinajstić information content (AvgIpc) is 2.63. The van der Waals surface area contributed by atoms with Gasteiger partial charge in [-0.1, -0.05) is 0 Å². The fourth-order valence-electron chi connectivity index (χ4n) is 2.15. The van der Waals surface area contributed by atoms with Crippen molar-refractivity contribution in [2.45, 2.75) is 33.9 Å². The summed E-state index contributed by atoms with van der Waals surface area (Å²) in [6, 6.07) is 2.26. The van der Waals surface area contributed by atoms with Crippen LogP contribution < -0.4 is 5.32 Å². The van der Waals surface area contributed by atoms with Crippen LogP contribution in [0.5, 0.6) is 0 Å². The average molecular weight is 254 g/mol. The Kier molecular flexibility index (Phi) is 7.01. The zero-order valence-electron chi connectivity index (χ0n) is 12.1. The maximum Gasteiger partial charge on any atom is 0.0700 e. The Balaban J connectivity index is 2.23. The monoisotopic (exact) mass is 254 g/mol. The number of hydrogen-bond acceptors (Lipinski definition) is 3. The number of methoxy groups -OCH3 is 1. The van der Waals surface area contributed by atoms with E-state index < -0.39 is 0 Å². The van der Waals surface area contributed by atoms with Crippen molar-refractivity contribution in [3.63, 3.8) is 0 Å². The summed E-state index contributed by atoms with van der Waals surface area (Å²) in [7, 11) is 1.69.